The van der Waals surface area contributed by atoms with E-state index in [0.717, 1.165) is 27.7 Å². The summed E-state index contributed by atoms with van der Waals surface area (Å²) in [5.74, 6) is 0.826. The highest BCUT2D eigenvalue weighted by Crippen LogP contribution is 2.28. The van der Waals surface area contributed by atoms with Crippen LogP contribution in [0.5, 0.6) is 5.75 Å². The largest absolute Gasteiger partial charge is 0.497 e. The Morgan fingerprint density at radius 3 is 2.67 bits per heavy atom. The fraction of sp³-hybridized carbons (Fsp3) is 0.312. The Morgan fingerprint density at radius 2 is 1.92 bits per heavy atom. The van der Waals surface area contributed by atoms with E-state index in [9.17, 15) is 0 Å². The number of methoxy groups -OCH3 is 2. The van der Waals surface area contributed by atoms with Crippen LogP contribution in [0.1, 0.15) is 0 Å². The van der Waals surface area contributed by atoms with Gasteiger partial charge in [0, 0.05) is 18.1 Å². The Morgan fingerprint density at radius 1 is 1.08 bits per heavy atom. The fourth-order valence-electron chi connectivity index (χ4n) is 2.04. The van der Waals surface area contributed by atoms with Crippen LogP contribution < -0.4 is 4.74 Å². The summed E-state index contributed by atoms with van der Waals surface area (Å²) in [4.78, 5) is 4.63. The molecular formula is C16H18N4O3S. The maximum atomic E-state index is 5.41. The van der Waals surface area contributed by atoms with Gasteiger partial charge in [0.1, 0.15) is 28.9 Å². The first-order valence-corrected chi connectivity index (χ1v) is 8.25. The van der Waals surface area contributed by atoms with Crippen molar-refractivity contribution < 1.29 is 14.2 Å². The van der Waals surface area contributed by atoms with Crippen molar-refractivity contribution in [1.29, 1.82) is 0 Å². The molecule has 0 aliphatic rings. The molecule has 7 nitrogen and oxygen atoms in total. The third kappa shape index (κ3) is 3.97. The van der Waals surface area contributed by atoms with E-state index in [0.29, 0.717) is 19.9 Å². The van der Waals surface area contributed by atoms with Crippen LogP contribution in [0.4, 0.5) is 0 Å². The van der Waals surface area contributed by atoms with Gasteiger partial charge in [-0.15, -0.1) is 16.4 Å². The van der Waals surface area contributed by atoms with E-state index in [2.05, 4.69) is 15.3 Å². The summed E-state index contributed by atoms with van der Waals surface area (Å²) < 4.78 is 17.1. The highest BCUT2D eigenvalue weighted by Gasteiger charge is 2.10. The molecule has 2 heterocycles. The lowest BCUT2D eigenvalue weighted by atomic mass is 10.2. The van der Waals surface area contributed by atoms with Crippen LogP contribution in [0, 0.1) is 0 Å². The molecule has 0 fully saturated rings. The molecule has 0 amide bonds. The SMILES string of the molecule is COCCOCn1cc(-c2csc(-c3ccc(OC)cc3)n2)nn1. The van der Waals surface area contributed by atoms with Crippen molar-refractivity contribution in [1.82, 2.24) is 20.0 Å². The molecule has 3 aromatic rings. The quantitative estimate of drug-likeness (QED) is 0.584. The monoisotopic (exact) mass is 346 g/mol. The minimum absolute atomic E-state index is 0.339. The molecule has 0 aliphatic carbocycles. The average molecular weight is 346 g/mol. The molecule has 2 aromatic heterocycles. The molecule has 3 rings (SSSR count). The molecule has 0 spiro atoms. The van der Waals surface area contributed by atoms with Crippen molar-refractivity contribution in [2.75, 3.05) is 27.4 Å². The zero-order valence-corrected chi connectivity index (χ0v) is 14.3. The number of ether oxygens (including phenoxy) is 3. The van der Waals surface area contributed by atoms with Gasteiger partial charge in [-0.2, -0.15) is 0 Å². The average Bonchev–Trinajstić information content (AvgIpc) is 3.28. The van der Waals surface area contributed by atoms with Gasteiger partial charge in [0.25, 0.3) is 0 Å². The Hall–Kier alpha value is -2.29. The highest BCUT2D eigenvalue weighted by molar-refractivity contribution is 7.13. The summed E-state index contributed by atoms with van der Waals surface area (Å²) in [5.41, 5.74) is 2.57. The van der Waals surface area contributed by atoms with Crippen molar-refractivity contribution >= 4 is 11.3 Å². The van der Waals surface area contributed by atoms with E-state index in [4.69, 9.17) is 14.2 Å². The highest BCUT2D eigenvalue weighted by atomic mass is 32.1. The second-order valence-corrected chi connectivity index (χ2v) is 5.80. The standard InChI is InChI=1S/C16H18N4O3S/c1-21-7-8-23-11-20-9-14(18-19-20)15-10-24-16(17-15)12-3-5-13(22-2)6-4-12/h3-6,9-10H,7-8,11H2,1-2H3. The lowest BCUT2D eigenvalue weighted by Gasteiger charge is -2.01. The summed E-state index contributed by atoms with van der Waals surface area (Å²) in [6.07, 6.45) is 1.82. The van der Waals surface area contributed by atoms with E-state index in [1.54, 1.807) is 30.2 Å². The van der Waals surface area contributed by atoms with Crippen LogP contribution in [0.3, 0.4) is 0 Å². The number of aromatic nitrogens is 4. The minimum atomic E-state index is 0.339. The maximum Gasteiger partial charge on any atom is 0.141 e. The Balaban J connectivity index is 1.67. The Kier molecular flexibility index (Phi) is 5.52. The molecule has 0 bridgehead atoms. The second-order valence-electron chi connectivity index (χ2n) is 4.94. The molecule has 1 aromatic carbocycles. The van der Waals surface area contributed by atoms with Crippen LogP contribution in [0.25, 0.3) is 22.0 Å². The van der Waals surface area contributed by atoms with E-state index in [-0.39, 0.29) is 0 Å². The predicted octanol–water partition coefficient (Wildman–Crippen LogP) is 2.70. The number of rotatable bonds is 8. The van der Waals surface area contributed by atoms with E-state index >= 15 is 0 Å². The second kappa shape index (κ2) is 8.00. The zero-order valence-electron chi connectivity index (χ0n) is 13.5. The lowest BCUT2D eigenvalue weighted by Crippen LogP contribution is -2.07. The third-order valence-electron chi connectivity index (χ3n) is 3.30. The van der Waals surface area contributed by atoms with E-state index in [1.165, 1.54) is 0 Å². The number of hydrogen-bond donors (Lipinski definition) is 0. The summed E-state index contributed by atoms with van der Waals surface area (Å²) in [6, 6.07) is 7.82. The first-order valence-electron chi connectivity index (χ1n) is 7.37. The number of thiazole rings is 1. The summed E-state index contributed by atoms with van der Waals surface area (Å²) in [6.45, 7) is 1.41. The Labute approximate surface area is 143 Å². The molecule has 0 unspecified atom stereocenters. The lowest BCUT2D eigenvalue weighted by molar-refractivity contribution is 0.0281. The van der Waals surface area contributed by atoms with Crippen LogP contribution >= 0.6 is 11.3 Å². The molecule has 0 atom stereocenters. The van der Waals surface area contributed by atoms with E-state index in [1.807, 2.05) is 35.8 Å². The zero-order chi connectivity index (χ0) is 16.8. The number of benzene rings is 1. The smallest absolute Gasteiger partial charge is 0.141 e. The first-order chi connectivity index (χ1) is 11.8. The molecule has 0 aliphatic heterocycles. The number of nitrogens with zero attached hydrogens (tertiary/aromatic N) is 4. The van der Waals surface area contributed by atoms with Crippen molar-refractivity contribution in [3.8, 4) is 27.7 Å². The van der Waals surface area contributed by atoms with Gasteiger partial charge in [0.05, 0.1) is 26.5 Å². The van der Waals surface area contributed by atoms with Gasteiger partial charge < -0.3 is 14.2 Å². The van der Waals surface area contributed by atoms with Crippen molar-refractivity contribution in [2.24, 2.45) is 0 Å². The normalized spacial score (nSPS) is 10.9. The van der Waals surface area contributed by atoms with Gasteiger partial charge in [-0.05, 0) is 24.3 Å². The van der Waals surface area contributed by atoms with Gasteiger partial charge in [0.15, 0.2) is 0 Å². The predicted molar refractivity (Wildman–Crippen MR) is 90.9 cm³/mol. The van der Waals surface area contributed by atoms with Gasteiger partial charge in [-0.3, -0.25) is 0 Å². The van der Waals surface area contributed by atoms with E-state index < -0.39 is 0 Å². The van der Waals surface area contributed by atoms with Crippen LogP contribution in [-0.2, 0) is 16.2 Å². The van der Waals surface area contributed by atoms with Gasteiger partial charge in [-0.25, -0.2) is 9.67 Å². The molecule has 0 radical (unpaired) electrons. The molecule has 0 saturated carbocycles. The molecule has 24 heavy (non-hydrogen) atoms. The minimum Gasteiger partial charge on any atom is -0.497 e. The van der Waals surface area contributed by atoms with Gasteiger partial charge in [0.2, 0.25) is 0 Å². The molecule has 126 valence electrons. The fourth-order valence-corrected chi connectivity index (χ4v) is 2.86. The van der Waals surface area contributed by atoms with Gasteiger partial charge >= 0.3 is 0 Å². The van der Waals surface area contributed by atoms with Crippen molar-refractivity contribution in [3.63, 3.8) is 0 Å². The van der Waals surface area contributed by atoms with Crippen LogP contribution in [-0.4, -0.2) is 47.4 Å². The first kappa shape index (κ1) is 16.6. The summed E-state index contributed by atoms with van der Waals surface area (Å²) in [7, 11) is 3.29. The summed E-state index contributed by atoms with van der Waals surface area (Å²) in [5, 5.41) is 11.1. The third-order valence-corrected chi connectivity index (χ3v) is 4.19. The number of hydrogen-bond acceptors (Lipinski definition) is 7. The Bertz CT molecular complexity index is 770. The van der Waals surface area contributed by atoms with Crippen molar-refractivity contribution in [2.45, 2.75) is 6.73 Å². The molecule has 0 saturated heterocycles. The van der Waals surface area contributed by atoms with Crippen molar-refractivity contribution in [3.05, 3.63) is 35.8 Å². The molecule has 8 heteroatoms. The topological polar surface area (TPSA) is 71.3 Å². The van der Waals surface area contributed by atoms with Crippen LogP contribution in [0.2, 0.25) is 0 Å². The summed E-state index contributed by atoms with van der Waals surface area (Å²) >= 11 is 1.57. The van der Waals surface area contributed by atoms with Gasteiger partial charge in [-0.1, -0.05) is 5.21 Å². The molecular weight excluding hydrogens is 328 g/mol. The molecule has 0 N–H and O–H groups in total. The van der Waals surface area contributed by atoms with Crippen LogP contribution in [0.15, 0.2) is 35.8 Å². The maximum absolute atomic E-state index is 5.41.